The van der Waals surface area contributed by atoms with Gasteiger partial charge in [0.2, 0.25) is 0 Å². The maximum atomic E-state index is 12.1. The lowest BCUT2D eigenvalue weighted by atomic mass is 10.1. The van der Waals surface area contributed by atoms with Crippen molar-refractivity contribution in [2.75, 3.05) is 6.54 Å². The first-order chi connectivity index (χ1) is 10.2. The second-order valence-corrected chi connectivity index (χ2v) is 5.68. The highest BCUT2D eigenvalue weighted by Crippen LogP contribution is 2.40. The molecule has 0 radical (unpaired) electrons. The van der Waals surface area contributed by atoms with Crippen LogP contribution in [-0.4, -0.2) is 22.3 Å². The van der Waals surface area contributed by atoms with Gasteiger partial charge >= 0.3 is 11.4 Å². The van der Waals surface area contributed by atoms with Gasteiger partial charge in [-0.25, -0.2) is 0 Å². The third-order valence-electron chi connectivity index (χ3n) is 2.78. The smallest absolute Gasteiger partial charge is 0.307 e. The first-order valence-corrected chi connectivity index (χ1v) is 7.01. The van der Waals surface area contributed by atoms with Crippen LogP contribution in [0.15, 0.2) is 6.07 Å². The summed E-state index contributed by atoms with van der Waals surface area (Å²) in [6, 6.07) is 0.879. The molecule has 0 fully saturated rings. The number of hydrogen-bond acceptors (Lipinski definition) is 5. The predicted molar refractivity (Wildman–Crippen MR) is 81.6 cm³/mol. The average Bonchev–Trinajstić information content (AvgIpc) is 2.35. The molecule has 1 N–H and O–H groups in total. The van der Waals surface area contributed by atoms with Crippen LogP contribution >= 0.6 is 23.2 Å². The summed E-state index contributed by atoms with van der Waals surface area (Å²) >= 11 is 11.4. The quantitative estimate of drug-likeness (QED) is 0.622. The van der Waals surface area contributed by atoms with Crippen molar-refractivity contribution in [3.8, 4) is 0 Å². The maximum absolute atomic E-state index is 12.1. The summed E-state index contributed by atoms with van der Waals surface area (Å²) in [6.07, 6.45) is 0.613. The number of carbonyl (C=O) groups is 1. The van der Waals surface area contributed by atoms with Gasteiger partial charge in [0.15, 0.2) is 5.56 Å². The summed E-state index contributed by atoms with van der Waals surface area (Å²) in [6.45, 7) is 4.07. The molecule has 10 heteroatoms. The monoisotopic (exact) mass is 349 g/mol. The fraction of sp³-hybridized carbons (Fsp3) is 0.417. The van der Waals surface area contributed by atoms with Crippen LogP contribution in [0.5, 0.6) is 0 Å². The van der Waals surface area contributed by atoms with E-state index in [0.717, 1.165) is 6.07 Å². The van der Waals surface area contributed by atoms with Gasteiger partial charge in [-0.3, -0.25) is 25.0 Å². The molecule has 22 heavy (non-hydrogen) atoms. The van der Waals surface area contributed by atoms with Crippen molar-refractivity contribution in [2.24, 2.45) is 5.92 Å². The SMILES string of the molecule is CC(C)CCNC(=O)c1c([N+](=O)[O-])c(Cl)cc(Cl)c1[N+](=O)[O-]. The Hall–Kier alpha value is -1.93. The number of benzene rings is 1. The Balaban J connectivity index is 3.38. The molecule has 1 rings (SSSR count). The predicted octanol–water partition coefficient (Wildman–Crippen LogP) is 3.59. The van der Waals surface area contributed by atoms with Gasteiger partial charge in [0.05, 0.1) is 9.85 Å². The Morgan fingerprint density at radius 1 is 1.18 bits per heavy atom. The number of hydrogen-bond donors (Lipinski definition) is 1. The molecular formula is C12H13Cl2N3O5. The van der Waals surface area contributed by atoms with Crippen LogP contribution in [0.1, 0.15) is 30.6 Å². The molecular weight excluding hydrogens is 337 g/mol. The van der Waals surface area contributed by atoms with Gasteiger partial charge in [-0.15, -0.1) is 0 Å². The van der Waals surface area contributed by atoms with Gasteiger partial charge in [0, 0.05) is 6.54 Å². The zero-order valence-corrected chi connectivity index (χ0v) is 13.3. The van der Waals surface area contributed by atoms with E-state index in [-0.39, 0.29) is 12.5 Å². The molecule has 0 spiro atoms. The number of rotatable bonds is 6. The number of nitro groups is 2. The minimum absolute atomic E-state index is 0.217. The maximum Gasteiger partial charge on any atom is 0.307 e. The van der Waals surface area contributed by atoms with Crippen LogP contribution in [0.2, 0.25) is 10.0 Å². The molecule has 0 saturated heterocycles. The highest BCUT2D eigenvalue weighted by atomic mass is 35.5. The van der Waals surface area contributed by atoms with E-state index in [1.165, 1.54) is 0 Å². The lowest BCUT2D eigenvalue weighted by Gasteiger charge is -2.09. The number of carbonyl (C=O) groups excluding carboxylic acids is 1. The fourth-order valence-corrected chi connectivity index (χ4v) is 2.33. The van der Waals surface area contributed by atoms with Crippen LogP contribution in [0, 0.1) is 26.1 Å². The van der Waals surface area contributed by atoms with Crippen molar-refractivity contribution in [3.05, 3.63) is 41.9 Å². The van der Waals surface area contributed by atoms with Crippen LogP contribution in [-0.2, 0) is 0 Å². The highest BCUT2D eigenvalue weighted by molar-refractivity contribution is 6.38. The average molecular weight is 350 g/mol. The molecule has 1 aromatic carbocycles. The van der Waals surface area contributed by atoms with Gasteiger partial charge in [0.25, 0.3) is 5.91 Å². The van der Waals surface area contributed by atoms with Gasteiger partial charge in [-0.2, -0.15) is 0 Å². The summed E-state index contributed by atoms with van der Waals surface area (Å²) in [5.41, 5.74) is -2.41. The van der Waals surface area contributed by atoms with Crippen molar-refractivity contribution >= 4 is 40.5 Å². The summed E-state index contributed by atoms with van der Waals surface area (Å²) < 4.78 is 0. The van der Waals surface area contributed by atoms with Crippen LogP contribution in [0.4, 0.5) is 11.4 Å². The second-order valence-electron chi connectivity index (χ2n) is 4.87. The van der Waals surface area contributed by atoms with Gasteiger partial charge < -0.3 is 5.32 Å². The Kier molecular flexibility index (Phi) is 6.07. The van der Waals surface area contributed by atoms with E-state index in [0.29, 0.717) is 6.42 Å². The van der Waals surface area contributed by atoms with E-state index in [1.807, 2.05) is 13.8 Å². The van der Waals surface area contributed by atoms with E-state index < -0.39 is 42.7 Å². The Morgan fingerprint density at radius 2 is 1.64 bits per heavy atom. The van der Waals surface area contributed by atoms with E-state index >= 15 is 0 Å². The zero-order chi connectivity index (χ0) is 17.0. The fourth-order valence-electron chi connectivity index (χ4n) is 1.73. The molecule has 0 aliphatic rings. The summed E-state index contributed by atoms with van der Waals surface area (Å²) in [4.78, 5) is 32.4. The first kappa shape index (κ1) is 18.1. The molecule has 0 saturated carbocycles. The third-order valence-corrected chi connectivity index (χ3v) is 3.36. The lowest BCUT2D eigenvalue weighted by Crippen LogP contribution is -2.27. The first-order valence-electron chi connectivity index (χ1n) is 6.25. The molecule has 0 atom stereocenters. The number of amides is 1. The standard InChI is InChI=1S/C12H13Cl2N3O5/c1-6(2)3-4-15-12(18)9-10(16(19)20)7(13)5-8(14)11(9)17(21)22/h5-6H,3-4H2,1-2H3,(H,15,18). The molecule has 0 aliphatic carbocycles. The van der Waals surface area contributed by atoms with Crippen LogP contribution in [0.25, 0.3) is 0 Å². The topological polar surface area (TPSA) is 115 Å². The normalized spacial score (nSPS) is 10.6. The largest absolute Gasteiger partial charge is 0.352 e. The van der Waals surface area contributed by atoms with Gasteiger partial charge in [-0.05, 0) is 18.4 Å². The molecule has 0 heterocycles. The molecule has 8 nitrogen and oxygen atoms in total. The number of nitrogens with one attached hydrogen (secondary N) is 1. The van der Waals surface area contributed by atoms with Crippen molar-refractivity contribution in [1.29, 1.82) is 0 Å². The van der Waals surface area contributed by atoms with Crippen molar-refractivity contribution in [1.82, 2.24) is 5.32 Å². The molecule has 0 aromatic heterocycles. The molecule has 0 aliphatic heterocycles. The minimum atomic E-state index is -0.955. The van der Waals surface area contributed by atoms with Crippen molar-refractivity contribution in [2.45, 2.75) is 20.3 Å². The molecule has 120 valence electrons. The van der Waals surface area contributed by atoms with Crippen molar-refractivity contribution in [3.63, 3.8) is 0 Å². The summed E-state index contributed by atoms with van der Waals surface area (Å²) in [5.74, 6) is -0.670. The third kappa shape index (κ3) is 4.05. The van der Waals surface area contributed by atoms with Gasteiger partial charge in [-0.1, -0.05) is 37.0 Å². The molecule has 0 unspecified atom stereocenters. The van der Waals surface area contributed by atoms with E-state index in [2.05, 4.69) is 5.32 Å². The number of halogens is 2. The summed E-state index contributed by atoms with van der Waals surface area (Å²) in [7, 11) is 0. The van der Waals surface area contributed by atoms with Crippen molar-refractivity contribution < 1.29 is 14.6 Å². The minimum Gasteiger partial charge on any atom is -0.352 e. The van der Waals surface area contributed by atoms with E-state index in [4.69, 9.17) is 23.2 Å². The molecule has 1 aromatic rings. The summed E-state index contributed by atoms with van der Waals surface area (Å²) in [5, 5.41) is 23.7. The highest BCUT2D eigenvalue weighted by Gasteiger charge is 2.36. The Bertz CT molecular complexity index is 595. The van der Waals surface area contributed by atoms with Crippen LogP contribution < -0.4 is 5.32 Å². The Labute approximate surface area is 135 Å². The molecule has 1 amide bonds. The second kappa shape index (κ2) is 7.37. The number of nitro benzene ring substituents is 2. The molecule has 0 bridgehead atoms. The van der Waals surface area contributed by atoms with E-state index in [1.54, 1.807) is 0 Å². The number of nitrogens with zero attached hydrogens (tertiary/aromatic N) is 2. The Morgan fingerprint density at radius 3 is 2.00 bits per heavy atom. The van der Waals surface area contributed by atoms with E-state index in [9.17, 15) is 25.0 Å². The zero-order valence-electron chi connectivity index (χ0n) is 11.8. The van der Waals surface area contributed by atoms with Crippen LogP contribution in [0.3, 0.4) is 0 Å². The lowest BCUT2D eigenvalue weighted by molar-refractivity contribution is -0.394. The van der Waals surface area contributed by atoms with Gasteiger partial charge in [0.1, 0.15) is 10.0 Å².